The summed E-state index contributed by atoms with van der Waals surface area (Å²) in [5.41, 5.74) is 0.903. The van der Waals surface area contributed by atoms with E-state index in [0.717, 1.165) is 37.7 Å². The maximum Gasteiger partial charge on any atom is 0.338 e. The van der Waals surface area contributed by atoms with Crippen LogP contribution in [-0.2, 0) is 29.8 Å². The average molecular weight is 821 g/mol. The van der Waals surface area contributed by atoms with Gasteiger partial charge in [-0.2, -0.15) is 0 Å². The van der Waals surface area contributed by atoms with Crippen LogP contribution in [0, 0.1) is 0 Å². The minimum atomic E-state index is -2.57. The molecular formula is C42H74NO7SSi3+. The second-order valence-electron chi connectivity index (χ2n) is 18.2. The highest BCUT2D eigenvalue weighted by Gasteiger charge is 2.59. The first-order valence-electron chi connectivity index (χ1n) is 19.7. The standard InChI is InChI=1S/C42H73NO7SSi3/c1-18-43(19-2)32-27-28-35(36(44)31-32)37(45)33-25-21-22-26-34(33)38(46)47-29-23-20-24-30-54(17,42(9,10)50-52(12,13)14)48-39(3,4)40(5,6)53(15,16)49-41(7,8)51-11/h21-22,25-28,31,44H,18-20,23-24,29-30H2,1-17H3/p+1. The summed E-state index contributed by atoms with van der Waals surface area (Å²) < 4.78 is 27.1. The Hall–Kier alpha value is -1.94. The molecule has 0 amide bonds. The fourth-order valence-corrected chi connectivity index (χ4v) is 17.8. The number of ketones is 1. The zero-order valence-corrected chi connectivity index (χ0v) is 40.7. The van der Waals surface area contributed by atoms with E-state index in [9.17, 15) is 14.7 Å². The number of hydrogen-bond donors (Lipinski definition) is 1. The molecule has 306 valence electrons. The largest absolute Gasteiger partial charge is 0.507 e. The van der Waals surface area contributed by atoms with Crippen LogP contribution in [0.1, 0.15) is 115 Å². The highest BCUT2D eigenvalue weighted by molar-refractivity contribution is 7.79. The summed E-state index contributed by atoms with van der Waals surface area (Å²) in [5, 5.41) is 10.1. The van der Waals surface area contributed by atoms with Crippen molar-refractivity contribution in [3.63, 3.8) is 0 Å². The number of rotatable bonds is 22. The van der Waals surface area contributed by atoms with Crippen molar-refractivity contribution >= 4 is 54.2 Å². The van der Waals surface area contributed by atoms with E-state index in [1.54, 1.807) is 36.4 Å². The van der Waals surface area contributed by atoms with Gasteiger partial charge >= 0.3 is 5.97 Å². The molecule has 8 nitrogen and oxygen atoms in total. The Morgan fingerprint density at radius 2 is 1.33 bits per heavy atom. The summed E-state index contributed by atoms with van der Waals surface area (Å²) in [6, 6.07) is 12.6. The molecule has 0 aliphatic heterocycles. The van der Waals surface area contributed by atoms with Crippen LogP contribution in [0.4, 0.5) is 5.69 Å². The molecule has 12 heteroatoms. The number of hydrogen-bond acceptors (Lipinski definition) is 8. The number of phenols is 1. The highest BCUT2D eigenvalue weighted by atomic mass is 32.2. The van der Waals surface area contributed by atoms with E-state index >= 15 is 0 Å². The van der Waals surface area contributed by atoms with Crippen molar-refractivity contribution in [1.29, 1.82) is 0 Å². The fraction of sp³-hybridized carbons (Fsp3) is 0.667. The van der Waals surface area contributed by atoms with E-state index in [1.165, 1.54) is 11.8 Å². The van der Waals surface area contributed by atoms with Gasteiger partial charge in [-0.15, -0.1) is 0 Å². The van der Waals surface area contributed by atoms with E-state index in [0.29, 0.717) is 6.42 Å². The SMILES string of the molecule is CCN(CC)c1ccc(C(=O)c2ccccc2C(=O)OCCCCC[Si](C)(OC(C)(C)C(C)(C)[Si](C)(C)OC(C)(C)[SH+]C)C(C)(C)O[Si](C)(C)C)c(O)c1. The van der Waals surface area contributed by atoms with Crippen molar-refractivity contribution in [2.75, 3.05) is 30.9 Å². The maximum absolute atomic E-state index is 13.6. The Bertz CT molecular complexity index is 1570. The Morgan fingerprint density at radius 1 is 0.759 bits per heavy atom. The van der Waals surface area contributed by atoms with Gasteiger partial charge < -0.3 is 28.0 Å². The molecule has 0 bridgehead atoms. The first-order chi connectivity index (χ1) is 24.6. The molecular weight excluding hydrogens is 747 g/mol. The highest BCUT2D eigenvalue weighted by Crippen LogP contribution is 2.53. The van der Waals surface area contributed by atoms with Crippen molar-refractivity contribution in [2.45, 2.75) is 155 Å². The Labute approximate surface area is 335 Å². The molecule has 2 rings (SSSR count). The van der Waals surface area contributed by atoms with Gasteiger partial charge in [-0.3, -0.25) is 4.79 Å². The molecule has 1 N–H and O–H groups in total. The van der Waals surface area contributed by atoms with Gasteiger partial charge in [0.25, 0.3) is 0 Å². The van der Waals surface area contributed by atoms with Gasteiger partial charge in [0.15, 0.2) is 14.1 Å². The summed E-state index contributed by atoms with van der Waals surface area (Å²) in [5.74, 6) is -1.08. The number of benzene rings is 2. The summed E-state index contributed by atoms with van der Waals surface area (Å²) >= 11 is 1.21. The maximum atomic E-state index is 13.6. The summed E-state index contributed by atoms with van der Waals surface area (Å²) in [6.07, 6.45) is 4.60. The number of carbonyl (C=O) groups excluding carboxylic acids is 2. The lowest BCUT2D eigenvalue weighted by atomic mass is 9.94. The number of unbranched alkanes of at least 4 members (excludes halogenated alkanes) is 2. The summed E-state index contributed by atoms with van der Waals surface area (Å²) in [6.45, 7) is 37.4. The molecule has 0 aliphatic carbocycles. The topological polar surface area (TPSA) is 94.5 Å². The van der Waals surface area contributed by atoms with Crippen LogP contribution in [0.5, 0.6) is 5.75 Å². The predicted octanol–water partition coefficient (Wildman–Crippen LogP) is 10.5. The van der Waals surface area contributed by atoms with Gasteiger partial charge in [0.1, 0.15) is 5.75 Å². The summed E-state index contributed by atoms with van der Waals surface area (Å²) in [4.78, 5) is 28.8. The number of anilines is 1. The second-order valence-corrected chi connectivity index (χ2v) is 33.0. The number of esters is 1. The predicted molar refractivity (Wildman–Crippen MR) is 237 cm³/mol. The third kappa shape index (κ3) is 12.0. The number of thiol groups is 1. The van der Waals surface area contributed by atoms with Crippen LogP contribution in [-0.4, -0.2) is 83.5 Å². The van der Waals surface area contributed by atoms with E-state index < -0.39 is 47.5 Å². The first kappa shape index (κ1) is 48.2. The fourth-order valence-electron chi connectivity index (χ4n) is 7.05. The van der Waals surface area contributed by atoms with Crippen molar-refractivity contribution in [3.8, 4) is 5.75 Å². The molecule has 1 atom stereocenters. The van der Waals surface area contributed by atoms with E-state index in [-0.39, 0.29) is 39.0 Å². The molecule has 54 heavy (non-hydrogen) atoms. The molecule has 1 unspecified atom stereocenters. The molecule has 0 aromatic heterocycles. The quantitative estimate of drug-likeness (QED) is 0.0313. The number of ether oxygens (including phenoxy) is 1. The minimum Gasteiger partial charge on any atom is -0.507 e. The molecule has 0 aliphatic rings. The van der Waals surface area contributed by atoms with E-state index in [2.05, 4.69) is 106 Å². The van der Waals surface area contributed by atoms with Gasteiger partial charge in [-0.05, 0) is 111 Å². The molecule has 2 aromatic carbocycles. The molecule has 0 saturated carbocycles. The van der Waals surface area contributed by atoms with Crippen molar-refractivity contribution in [2.24, 2.45) is 0 Å². The molecule has 0 radical (unpaired) electrons. The smallest absolute Gasteiger partial charge is 0.338 e. The van der Waals surface area contributed by atoms with Crippen LogP contribution >= 0.6 is 0 Å². The van der Waals surface area contributed by atoms with E-state index in [1.807, 2.05) is 19.9 Å². The third-order valence-corrected chi connectivity index (χ3v) is 23.9. The van der Waals surface area contributed by atoms with Gasteiger partial charge in [-0.1, -0.05) is 44.9 Å². The lowest BCUT2D eigenvalue weighted by molar-refractivity contribution is 0.0153. The zero-order chi connectivity index (χ0) is 41.6. The summed E-state index contributed by atoms with van der Waals surface area (Å²) in [7, 11) is -6.77. The Morgan fingerprint density at radius 3 is 1.85 bits per heavy atom. The molecule has 2 aromatic rings. The number of aromatic hydroxyl groups is 1. The average Bonchev–Trinajstić information content (AvgIpc) is 3.04. The molecule has 0 heterocycles. The Kier molecular flexibility index (Phi) is 16.6. The number of carbonyl (C=O) groups is 2. The zero-order valence-electron chi connectivity index (χ0n) is 36.8. The van der Waals surface area contributed by atoms with Crippen LogP contribution in [0.3, 0.4) is 0 Å². The lowest BCUT2D eigenvalue weighted by Crippen LogP contribution is -2.66. The number of nitrogens with zero attached hydrogens (tertiary/aromatic N) is 1. The number of phenolic OH excluding ortho intramolecular Hbond substituents is 1. The van der Waals surface area contributed by atoms with Gasteiger partial charge in [0.2, 0.25) is 21.6 Å². The van der Waals surface area contributed by atoms with Crippen LogP contribution in [0.2, 0.25) is 50.4 Å². The van der Waals surface area contributed by atoms with Crippen molar-refractivity contribution in [3.05, 3.63) is 59.2 Å². The normalized spacial score (nSPS) is 14.5. The van der Waals surface area contributed by atoms with Gasteiger partial charge in [-0.25, -0.2) is 4.79 Å². The molecule has 0 spiro atoms. The minimum absolute atomic E-state index is 0.114. The third-order valence-electron chi connectivity index (χ3n) is 11.6. The molecule has 0 saturated heterocycles. The first-order valence-corrected chi connectivity index (χ1v) is 30.0. The monoisotopic (exact) mass is 820 g/mol. The van der Waals surface area contributed by atoms with Gasteiger partial charge in [0.05, 0.1) is 34.8 Å². The Balaban J connectivity index is 2.19. The second kappa shape index (κ2) is 18.5. The lowest BCUT2D eigenvalue weighted by Gasteiger charge is -2.56. The van der Waals surface area contributed by atoms with Crippen LogP contribution in [0.15, 0.2) is 42.5 Å². The van der Waals surface area contributed by atoms with Crippen molar-refractivity contribution < 1.29 is 32.7 Å². The van der Waals surface area contributed by atoms with E-state index in [4.69, 9.17) is 18.0 Å². The van der Waals surface area contributed by atoms with Crippen LogP contribution in [0.25, 0.3) is 0 Å². The van der Waals surface area contributed by atoms with Gasteiger partial charge in [0, 0.05) is 61.1 Å². The molecule has 0 fully saturated rings. The van der Waals surface area contributed by atoms with Crippen LogP contribution < -0.4 is 4.90 Å². The van der Waals surface area contributed by atoms with Crippen molar-refractivity contribution in [1.82, 2.24) is 0 Å².